The Hall–Kier alpha value is -2.94. The van der Waals surface area contributed by atoms with E-state index in [4.69, 9.17) is 10.5 Å². The molecule has 0 spiro atoms. The van der Waals surface area contributed by atoms with Crippen molar-refractivity contribution in [1.29, 1.82) is 0 Å². The molecular formula is C19H18N2O. The van der Waals surface area contributed by atoms with Crippen LogP contribution in [0.4, 0.5) is 17.1 Å². The molecule has 3 aromatic carbocycles. The zero-order chi connectivity index (χ0) is 15.4. The molecule has 0 atom stereocenters. The van der Waals surface area contributed by atoms with Crippen molar-refractivity contribution in [1.82, 2.24) is 0 Å². The molecule has 0 aliphatic carbocycles. The summed E-state index contributed by atoms with van der Waals surface area (Å²) in [5, 5.41) is 3.37. The molecular weight excluding hydrogens is 272 g/mol. The van der Waals surface area contributed by atoms with E-state index in [0.717, 1.165) is 33.9 Å². The Morgan fingerprint density at radius 2 is 1.50 bits per heavy atom. The van der Waals surface area contributed by atoms with Gasteiger partial charge in [-0.05, 0) is 47.5 Å². The van der Waals surface area contributed by atoms with E-state index in [1.54, 1.807) is 7.11 Å². The summed E-state index contributed by atoms with van der Waals surface area (Å²) in [6.07, 6.45) is 0. The van der Waals surface area contributed by atoms with Gasteiger partial charge in [0.2, 0.25) is 0 Å². The van der Waals surface area contributed by atoms with Crippen LogP contribution >= 0.6 is 0 Å². The molecule has 0 aliphatic rings. The van der Waals surface area contributed by atoms with Crippen molar-refractivity contribution < 1.29 is 4.74 Å². The van der Waals surface area contributed by atoms with Crippen LogP contribution in [-0.4, -0.2) is 7.11 Å². The molecule has 0 saturated carbocycles. The summed E-state index contributed by atoms with van der Waals surface area (Å²) in [7, 11) is 1.68. The summed E-state index contributed by atoms with van der Waals surface area (Å²) in [5.41, 5.74) is 10.7. The zero-order valence-corrected chi connectivity index (χ0v) is 12.4. The summed E-state index contributed by atoms with van der Waals surface area (Å²) >= 11 is 0. The highest BCUT2D eigenvalue weighted by Crippen LogP contribution is 2.32. The molecule has 3 rings (SSSR count). The van der Waals surface area contributed by atoms with Crippen LogP contribution in [0.2, 0.25) is 0 Å². The van der Waals surface area contributed by atoms with Gasteiger partial charge >= 0.3 is 0 Å². The van der Waals surface area contributed by atoms with E-state index < -0.39 is 0 Å². The van der Waals surface area contributed by atoms with E-state index in [1.807, 2.05) is 66.7 Å². The summed E-state index contributed by atoms with van der Waals surface area (Å²) in [6.45, 7) is 0. The second-order valence-corrected chi connectivity index (χ2v) is 5.03. The Kier molecular flexibility index (Phi) is 3.97. The summed E-state index contributed by atoms with van der Waals surface area (Å²) in [4.78, 5) is 0. The monoisotopic (exact) mass is 290 g/mol. The second kappa shape index (κ2) is 6.22. The predicted octanol–water partition coefficient (Wildman–Crippen LogP) is 4.69. The molecule has 3 heteroatoms. The van der Waals surface area contributed by atoms with Crippen LogP contribution in [0.25, 0.3) is 11.1 Å². The van der Waals surface area contributed by atoms with Crippen molar-refractivity contribution in [2.24, 2.45) is 0 Å². The maximum absolute atomic E-state index is 5.74. The molecule has 0 fully saturated rings. The minimum atomic E-state index is 0.762. The van der Waals surface area contributed by atoms with Gasteiger partial charge in [-0.3, -0.25) is 0 Å². The first-order valence-electron chi connectivity index (χ1n) is 7.12. The van der Waals surface area contributed by atoms with Crippen molar-refractivity contribution in [3.05, 3.63) is 72.8 Å². The minimum Gasteiger partial charge on any atom is -0.495 e. The molecule has 0 bridgehead atoms. The van der Waals surface area contributed by atoms with Crippen molar-refractivity contribution in [2.45, 2.75) is 0 Å². The molecule has 3 aromatic rings. The SMILES string of the molecule is COc1cc(-c2ccc(N)cc2)ccc1Nc1ccccc1. The maximum atomic E-state index is 5.74. The summed E-state index contributed by atoms with van der Waals surface area (Å²) in [6, 6.07) is 24.0. The van der Waals surface area contributed by atoms with Gasteiger partial charge in [0.05, 0.1) is 12.8 Å². The van der Waals surface area contributed by atoms with Crippen LogP contribution in [0.15, 0.2) is 72.8 Å². The Morgan fingerprint density at radius 3 is 2.18 bits per heavy atom. The third kappa shape index (κ3) is 3.04. The molecule has 0 amide bonds. The number of methoxy groups -OCH3 is 1. The number of hydrogen-bond acceptors (Lipinski definition) is 3. The normalized spacial score (nSPS) is 10.2. The van der Waals surface area contributed by atoms with E-state index in [1.165, 1.54) is 0 Å². The average Bonchev–Trinajstić information content (AvgIpc) is 2.57. The molecule has 0 unspecified atom stereocenters. The molecule has 3 N–H and O–H groups in total. The number of nitrogens with two attached hydrogens (primary N) is 1. The van der Waals surface area contributed by atoms with Gasteiger partial charge in [0, 0.05) is 11.4 Å². The molecule has 0 aliphatic heterocycles. The molecule has 110 valence electrons. The molecule has 3 nitrogen and oxygen atoms in total. The van der Waals surface area contributed by atoms with Gasteiger partial charge in [0.1, 0.15) is 5.75 Å². The van der Waals surface area contributed by atoms with Gasteiger partial charge in [-0.1, -0.05) is 36.4 Å². The Bertz CT molecular complexity index is 752. The van der Waals surface area contributed by atoms with E-state index >= 15 is 0 Å². The average molecular weight is 290 g/mol. The van der Waals surface area contributed by atoms with Crippen LogP contribution in [-0.2, 0) is 0 Å². The number of para-hydroxylation sites is 1. The Balaban J connectivity index is 1.92. The number of benzene rings is 3. The van der Waals surface area contributed by atoms with Gasteiger partial charge in [-0.15, -0.1) is 0 Å². The molecule has 0 radical (unpaired) electrons. The highest BCUT2D eigenvalue weighted by molar-refractivity contribution is 5.74. The van der Waals surface area contributed by atoms with Crippen LogP contribution in [0.5, 0.6) is 5.75 Å². The zero-order valence-electron chi connectivity index (χ0n) is 12.4. The molecule has 0 heterocycles. The van der Waals surface area contributed by atoms with Gasteiger partial charge in [0.25, 0.3) is 0 Å². The largest absolute Gasteiger partial charge is 0.495 e. The fourth-order valence-electron chi connectivity index (χ4n) is 2.33. The van der Waals surface area contributed by atoms with Crippen molar-refractivity contribution >= 4 is 17.1 Å². The second-order valence-electron chi connectivity index (χ2n) is 5.03. The third-order valence-corrected chi connectivity index (χ3v) is 3.50. The predicted molar refractivity (Wildman–Crippen MR) is 92.6 cm³/mol. The lowest BCUT2D eigenvalue weighted by Crippen LogP contribution is -1.95. The van der Waals surface area contributed by atoms with Crippen LogP contribution < -0.4 is 15.8 Å². The van der Waals surface area contributed by atoms with E-state index in [-0.39, 0.29) is 0 Å². The van der Waals surface area contributed by atoms with Crippen molar-refractivity contribution in [3.8, 4) is 16.9 Å². The summed E-state index contributed by atoms with van der Waals surface area (Å²) < 4.78 is 5.52. The number of nitrogen functional groups attached to an aromatic ring is 1. The van der Waals surface area contributed by atoms with Crippen LogP contribution in [0.1, 0.15) is 0 Å². The first-order chi connectivity index (χ1) is 10.8. The number of anilines is 3. The van der Waals surface area contributed by atoms with E-state index in [0.29, 0.717) is 0 Å². The molecule has 22 heavy (non-hydrogen) atoms. The fraction of sp³-hybridized carbons (Fsp3) is 0.0526. The Labute approximate surface area is 130 Å². The molecule has 0 saturated heterocycles. The lowest BCUT2D eigenvalue weighted by molar-refractivity contribution is 0.417. The highest BCUT2D eigenvalue weighted by atomic mass is 16.5. The topological polar surface area (TPSA) is 47.3 Å². The Morgan fingerprint density at radius 1 is 0.818 bits per heavy atom. The third-order valence-electron chi connectivity index (χ3n) is 3.50. The number of hydrogen-bond donors (Lipinski definition) is 2. The van der Waals surface area contributed by atoms with Gasteiger partial charge in [0.15, 0.2) is 0 Å². The molecule has 0 aromatic heterocycles. The van der Waals surface area contributed by atoms with Gasteiger partial charge < -0.3 is 15.8 Å². The standard InChI is InChI=1S/C19H18N2O/c1-22-19-13-15(14-7-10-16(20)11-8-14)9-12-18(19)21-17-5-3-2-4-6-17/h2-13,21H,20H2,1H3. The van der Waals surface area contributed by atoms with Crippen molar-refractivity contribution in [3.63, 3.8) is 0 Å². The maximum Gasteiger partial charge on any atom is 0.142 e. The number of ether oxygens (including phenoxy) is 1. The smallest absolute Gasteiger partial charge is 0.142 e. The summed E-state index contributed by atoms with van der Waals surface area (Å²) in [5.74, 6) is 0.804. The number of rotatable bonds is 4. The first kappa shape index (κ1) is 14.0. The van der Waals surface area contributed by atoms with Gasteiger partial charge in [-0.2, -0.15) is 0 Å². The van der Waals surface area contributed by atoms with E-state index in [2.05, 4.69) is 11.4 Å². The number of nitrogens with one attached hydrogen (secondary N) is 1. The minimum absolute atomic E-state index is 0.762. The quantitative estimate of drug-likeness (QED) is 0.685. The van der Waals surface area contributed by atoms with E-state index in [9.17, 15) is 0 Å². The highest BCUT2D eigenvalue weighted by Gasteiger charge is 2.06. The van der Waals surface area contributed by atoms with Crippen molar-refractivity contribution in [2.75, 3.05) is 18.2 Å². The fourth-order valence-corrected chi connectivity index (χ4v) is 2.33. The first-order valence-corrected chi connectivity index (χ1v) is 7.12. The lowest BCUT2D eigenvalue weighted by Gasteiger charge is -2.13. The van der Waals surface area contributed by atoms with Crippen LogP contribution in [0.3, 0.4) is 0 Å². The van der Waals surface area contributed by atoms with Crippen LogP contribution in [0, 0.1) is 0 Å². The van der Waals surface area contributed by atoms with Gasteiger partial charge in [-0.25, -0.2) is 0 Å². The lowest BCUT2D eigenvalue weighted by atomic mass is 10.0.